The molecule has 2 aliphatic heterocycles. The number of aromatic nitrogens is 1. The number of halogens is 1. The number of benzene rings is 2. The van der Waals surface area contributed by atoms with Crippen molar-refractivity contribution in [3.05, 3.63) is 57.7 Å². The molecule has 1 unspecified atom stereocenters. The number of carbonyl (C=O) groups is 1. The summed E-state index contributed by atoms with van der Waals surface area (Å²) in [5.41, 5.74) is 4.93. The van der Waals surface area contributed by atoms with Gasteiger partial charge in [0.1, 0.15) is 23.9 Å². The summed E-state index contributed by atoms with van der Waals surface area (Å²) in [5.74, 6) is 0.176. The van der Waals surface area contributed by atoms with Gasteiger partial charge in [0.15, 0.2) is 5.13 Å². The minimum Gasteiger partial charge on any atom is -0.496 e. The number of rotatable bonds is 11. The number of nitrogens with zero attached hydrogens (tertiary/aromatic N) is 3. The van der Waals surface area contributed by atoms with Crippen molar-refractivity contribution in [1.29, 1.82) is 0 Å². The van der Waals surface area contributed by atoms with Crippen LogP contribution in [0.1, 0.15) is 68.2 Å². The fourth-order valence-electron chi connectivity index (χ4n) is 6.31. The average Bonchev–Trinajstić information content (AvgIpc) is 3.50. The number of ether oxygens (including phenoxy) is 2. The number of carboxylic acids is 1. The van der Waals surface area contributed by atoms with Gasteiger partial charge in [0.25, 0.3) is 0 Å². The molecule has 0 bridgehead atoms. The molecule has 0 radical (unpaired) electrons. The Morgan fingerprint density at radius 1 is 1.17 bits per heavy atom. The molecule has 7 nitrogen and oxygen atoms in total. The second-order valence-electron chi connectivity index (χ2n) is 11.5. The van der Waals surface area contributed by atoms with Crippen LogP contribution in [0.3, 0.4) is 0 Å². The largest absolute Gasteiger partial charge is 0.496 e. The normalized spacial score (nSPS) is 16.7. The molecule has 0 spiro atoms. The Hall–Kier alpha value is -3.17. The van der Waals surface area contributed by atoms with Gasteiger partial charge in [-0.25, -0.2) is 9.37 Å². The second-order valence-corrected chi connectivity index (χ2v) is 12.3. The van der Waals surface area contributed by atoms with Crippen LogP contribution < -0.4 is 14.4 Å². The molecule has 226 valence electrons. The van der Waals surface area contributed by atoms with Crippen molar-refractivity contribution < 1.29 is 23.8 Å². The maximum Gasteiger partial charge on any atom is 0.306 e. The first kappa shape index (κ1) is 30.3. The Morgan fingerprint density at radius 2 is 1.95 bits per heavy atom. The van der Waals surface area contributed by atoms with Gasteiger partial charge in [-0.1, -0.05) is 31.9 Å². The van der Waals surface area contributed by atoms with E-state index in [4.69, 9.17) is 14.5 Å². The quantitative estimate of drug-likeness (QED) is 0.254. The molecule has 5 rings (SSSR count). The van der Waals surface area contributed by atoms with Gasteiger partial charge in [0, 0.05) is 54.3 Å². The highest BCUT2D eigenvalue weighted by Gasteiger charge is 2.29. The van der Waals surface area contributed by atoms with Crippen LogP contribution in [0.4, 0.5) is 9.52 Å². The molecule has 0 amide bonds. The van der Waals surface area contributed by atoms with Crippen LogP contribution in [-0.4, -0.2) is 53.7 Å². The third-order valence-electron chi connectivity index (χ3n) is 8.75. The molecule has 1 fully saturated rings. The van der Waals surface area contributed by atoms with Gasteiger partial charge in [0.2, 0.25) is 0 Å². The molecule has 1 saturated heterocycles. The maximum absolute atomic E-state index is 15.9. The van der Waals surface area contributed by atoms with Crippen molar-refractivity contribution in [2.75, 3.05) is 31.6 Å². The van der Waals surface area contributed by atoms with Crippen molar-refractivity contribution in [2.24, 2.45) is 5.92 Å². The predicted molar refractivity (Wildman–Crippen MR) is 165 cm³/mol. The second kappa shape index (κ2) is 13.4. The van der Waals surface area contributed by atoms with E-state index in [-0.39, 0.29) is 18.3 Å². The fourth-order valence-corrected chi connectivity index (χ4v) is 7.19. The molecule has 0 aliphatic carbocycles. The average molecular weight is 596 g/mol. The van der Waals surface area contributed by atoms with Gasteiger partial charge in [-0.15, -0.1) is 11.3 Å². The van der Waals surface area contributed by atoms with E-state index in [1.807, 2.05) is 30.5 Å². The summed E-state index contributed by atoms with van der Waals surface area (Å²) in [4.78, 5) is 20.9. The van der Waals surface area contributed by atoms with Crippen LogP contribution in [0.2, 0.25) is 0 Å². The summed E-state index contributed by atoms with van der Waals surface area (Å²) in [5, 5.41) is 12.2. The fraction of sp³-hybridized carbons (Fsp3) is 0.515. The number of aliphatic carboxylic acids is 1. The SMILES string of the molecule is CCCC(CC)N1CCc2c(F)c(COc3ccc(C)cc3-c3csc(N4CCC(C(=O)O)CC4)n3)cc(OC)c2C1. The standard InChI is InChI=1S/C33H42FN3O4S/c1-5-7-24(6-2)37-15-12-25-27(18-37)30(40-4)17-23(31(25)34)19-41-29-9-8-21(3)16-26(29)28-20-42-33(35-28)36-13-10-22(11-14-36)32(38)39/h8-9,16-17,20,22,24H,5-7,10-15,18-19H2,1-4H3,(H,38,39). The Morgan fingerprint density at radius 3 is 2.64 bits per heavy atom. The molecule has 9 heteroatoms. The van der Waals surface area contributed by atoms with Crippen molar-refractivity contribution in [1.82, 2.24) is 9.88 Å². The first-order valence-electron chi connectivity index (χ1n) is 15.1. The van der Waals surface area contributed by atoms with E-state index in [9.17, 15) is 9.90 Å². The van der Waals surface area contributed by atoms with Crippen molar-refractivity contribution in [3.8, 4) is 22.8 Å². The van der Waals surface area contributed by atoms with E-state index >= 15 is 4.39 Å². The molecule has 1 N–H and O–H groups in total. The third-order valence-corrected chi connectivity index (χ3v) is 9.66. The number of hydrogen-bond acceptors (Lipinski definition) is 7. The molecule has 1 aromatic heterocycles. The molecular weight excluding hydrogens is 553 g/mol. The summed E-state index contributed by atoms with van der Waals surface area (Å²) in [6.07, 6.45) is 5.27. The summed E-state index contributed by atoms with van der Waals surface area (Å²) in [6, 6.07) is 8.26. The molecule has 3 aromatic rings. The van der Waals surface area contributed by atoms with Crippen molar-refractivity contribution >= 4 is 22.4 Å². The molecule has 0 saturated carbocycles. The first-order valence-corrected chi connectivity index (χ1v) is 16.0. The molecular formula is C33H42FN3O4S. The lowest BCUT2D eigenvalue weighted by Crippen LogP contribution is -2.39. The number of fused-ring (bicyclic) bond motifs is 1. The lowest BCUT2D eigenvalue weighted by Gasteiger charge is -2.36. The lowest BCUT2D eigenvalue weighted by atomic mass is 9.93. The van der Waals surface area contributed by atoms with E-state index in [0.717, 1.165) is 64.6 Å². The smallest absolute Gasteiger partial charge is 0.306 e. The molecule has 2 aromatic carbocycles. The van der Waals surface area contributed by atoms with E-state index < -0.39 is 5.97 Å². The molecule has 42 heavy (non-hydrogen) atoms. The number of carboxylic acid groups (broad SMARTS) is 1. The number of hydrogen-bond donors (Lipinski definition) is 1. The third kappa shape index (κ3) is 6.42. The summed E-state index contributed by atoms with van der Waals surface area (Å²) in [6.45, 7) is 9.46. The Labute approximate surface area is 252 Å². The molecule has 1 atom stereocenters. The number of methoxy groups -OCH3 is 1. The zero-order valence-electron chi connectivity index (χ0n) is 25.1. The summed E-state index contributed by atoms with van der Waals surface area (Å²) < 4.78 is 28.0. The van der Waals surface area contributed by atoms with Crippen LogP contribution in [0.5, 0.6) is 11.5 Å². The van der Waals surface area contributed by atoms with Gasteiger partial charge in [0.05, 0.1) is 18.7 Å². The van der Waals surface area contributed by atoms with Crippen LogP contribution in [0.15, 0.2) is 29.6 Å². The minimum absolute atomic E-state index is 0.0857. The molecule has 2 aliphatic rings. The van der Waals surface area contributed by atoms with Crippen LogP contribution in [-0.2, 0) is 24.4 Å². The van der Waals surface area contributed by atoms with Gasteiger partial charge in [-0.2, -0.15) is 0 Å². The summed E-state index contributed by atoms with van der Waals surface area (Å²) >= 11 is 1.55. The van der Waals surface area contributed by atoms with Crippen molar-refractivity contribution in [2.45, 2.75) is 78.5 Å². The highest BCUT2D eigenvalue weighted by molar-refractivity contribution is 7.14. The molecule has 3 heterocycles. The minimum atomic E-state index is -0.719. The lowest BCUT2D eigenvalue weighted by molar-refractivity contribution is -0.142. The number of aryl methyl sites for hydroxylation is 1. The van der Waals surface area contributed by atoms with Gasteiger partial charge < -0.3 is 19.5 Å². The van der Waals surface area contributed by atoms with E-state index in [2.05, 4.69) is 23.6 Å². The van der Waals surface area contributed by atoms with Gasteiger partial charge in [-0.05, 0) is 62.8 Å². The van der Waals surface area contributed by atoms with Gasteiger partial charge in [-0.3, -0.25) is 9.69 Å². The van der Waals surface area contributed by atoms with E-state index in [0.29, 0.717) is 56.3 Å². The first-order chi connectivity index (χ1) is 20.3. The van der Waals surface area contributed by atoms with E-state index in [1.54, 1.807) is 24.5 Å². The highest BCUT2D eigenvalue weighted by atomic mass is 32.1. The van der Waals surface area contributed by atoms with Crippen molar-refractivity contribution in [3.63, 3.8) is 0 Å². The van der Waals surface area contributed by atoms with E-state index in [1.165, 1.54) is 0 Å². The summed E-state index contributed by atoms with van der Waals surface area (Å²) in [7, 11) is 1.66. The highest BCUT2D eigenvalue weighted by Crippen LogP contribution is 2.38. The van der Waals surface area contributed by atoms with Gasteiger partial charge >= 0.3 is 5.97 Å². The number of thiazole rings is 1. The van der Waals surface area contributed by atoms with Crippen LogP contribution in [0, 0.1) is 18.7 Å². The predicted octanol–water partition coefficient (Wildman–Crippen LogP) is 7.08. The topological polar surface area (TPSA) is 75.1 Å². The Balaban J connectivity index is 1.34. The zero-order chi connectivity index (χ0) is 29.8. The Bertz CT molecular complexity index is 1400. The van der Waals surface area contributed by atoms with Crippen LogP contribution in [0.25, 0.3) is 11.3 Å². The number of anilines is 1. The van der Waals surface area contributed by atoms with Crippen LogP contribution >= 0.6 is 11.3 Å². The Kier molecular flexibility index (Phi) is 9.68. The monoisotopic (exact) mass is 595 g/mol. The zero-order valence-corrected chi connectivity index (χ0v) is 25.9. The number of piperidine rings is 1. The maximum atomic E-state index is 15.9.